The summed E-state index contributed by atoms with van der Waals surface area (Å²) in [4.78, 5) is 56.5. The van der Waals surface area contributed by atoms with Crippen LogP contribution in [-0.2, 0) is 0 Å². The van der Waals surface area contributed by atoms with Gasteiger partial charge in [-0.05, 0) is 38.4 Å². The summed E-state index contributed by atoms with van der Waals surface area (Å²) in [7, 11) is 3.88. The van der Waals surface area contributed by atoms with E-state index in [2.05, 4.69) is 9.80 Å². The lowest BCUT2D eigenvalue weighted by atomic mass is 10.1. The van der Waals surface area contributed by atoms with Crippen LogP contribution in [0.1, 0.15) is 41.4 Å². The zero-order chi connectivity index (χ0) is 22.8. The molecule has 2 heterocycles. The SMILES string of the molecule is CN(CCN(C)CCN1C(=O)c2ccccc2C1=O)CCN1C(=O)c2ccccc2C1=O. The lowest BCUT2D eigenvalue weighted by Gasteiger charge is -2.25. The number of hydrogen-bond acceptors (Lipinski definition) is 6. The Kier molecular flexibility index (Phi) is 6.16. The first-order chi connectivity index (χ1) is 15.4. The molecule has 2 aliphatic heterocycles. The Labute approximate surface area is 187 Å². The summed E-state index contributed by atoms with van der Waals surface area (Å²) < 4.78 is 0. The van der Waals surface area contributed by atoms with Crippen molar-refractivity contribution in [2.45, 2.75) is 0 Å². The van der Waals surface area contributed by atoms with E-state index in [1.165, 1.54) is 9.80 Å². The lowest BCUT2D eigenvalue weighted by Crippen LogP contribution is -2.41. The van der Waals surface area contributed by atoms with Crippen molar-refractivity contribution in [2.75, 3.05) is 53.4 Å². The number of rotatable bonds is 9. The van der Waals surface area contributed by atoms with Crippen LogP contribution in [-0.4, -0.2) is 96.6 Å². The molecule has 0 N–H and O–H groups in total. The summed E-state index contributed by atoms with van der Waals surface area (Å²) in [5.41, 5.74) is 1.86. The van der Waals surface area contributed by atoms with E-state index >= 15 is 0 Å². The molecule has 2 aromatic carbocycles. The lowest BCUT2D eigenvalue weighted by molar-refractivity contribution is 0.0616. The molecule has 32 heavy (non-hydrogen) atoms. The molecule has 2 aliphatic rings. The molecule has 0 saturated carbocycles. The zero-order valence-corrected chi connectivity index (χ0v) is 18.3. The molecule has 0 aliphatic carbocycles. The van der Waals surface area contributed by atoms with Gasteiger partial charge < -0.3 is 9.80 Å². The molecule has 166 valence electrons. The first kappa shape index (κ1) is 21.9. The third kappa shape index (κ3) is 4.06. The quantitative estimate of drug-likeness (QED) is 0.556. The second-order valence-electron chi connectivity index (χ2n) is 8.22. The molecule has 0 bridgehead atoms. The van der Waals surface area contributed by atoms with Gasteiger partial charge in [-0.25, -0.2) is 0 Å². The summed E-state index contributed by atoms with van der Waals surface area (Å²) in [5.74, 6) is -0.955. The Morgan fingerprint density at radius 2 is 0.812 bits per heavy atom. The Balaban J connectivity index is 1.20. The van der Waals surface area contributed by atoms with Gasteiger partial charge in [-0.1, -0.05) is 24.3 Å². The minimum Gasteiger partial charge on any atom is -0.303 e. The number of nitrogens with zero attached hydrogens (tertiary/aromatic N) is 4. The standard InChI is InChI=1S/C24H26N4O4/c1-25(13-15-27-21(29)17-7-3-4-8-18(17)22(27)30)11-12-26(2)14-16-28-23(31)19-9-5-6-10-20(19)24(28)32/h3-10H,11-16H2,1-2H3. The van der Waals surface area contributed by atoms with Crippen molar-refractivity contribution in [1.82, 2.24) is 19.6 Å². The van der Waals surface area contributed by atoms with Gasteiger partial charge in [0.15, 0.2) is 0 Å². The average molecular weight is 434 g/mol. The van der Waals surface area contributed by atoms with Gasteiger partial charge in [0.05, 0.1) is 22.3 Å². The third-order valence-corrected chi connectivity index (χ3v) is 6.03. The number of fused-ring (bicyclic) bond motifs is 2. The van der Waals surface area contributed by atoms with E-state index in [9.17, 15) is 19.2 Å². The maximum absolute atomic E-state index is 12.5. The van der Waals surface area contributed by atoms with Gasteiger partial charge in [-0.2, -0.15) is 0 Å². The van der Waals surface area contributed by atoms with Crippen molar-refractivity contribution in [1.29, 1.82) is 0 Å². The van der Waals surface area contributed by atoms with Gasteiger partial charge in [0, 0.05) is 39.3 Å². The van der Waals surface area contributed by atoms with Crippen molar-refractivity contribution in [2.24, 2.45) is 0 Å². The highest BCUT2D eigenvalue weighted by Gasteiger charge is 2.35. The second-order valence-corrected chi connectivity index (χ2v) is 8.22. The topological polar surface area (TPSA) is 81.2 Å². The summed E-state index contributed by atoms with van der Waals surface area (Å²) in [6.07, 6.45) is 0. The second kappa shape index (κ2) is 9.02. The molecule has 0 atom stereocenters. The molecule has 4 amide bonds. The van der Waals surface area contributed by atoms with E-state index in [1.54, 1.807) is 48.5 Å². The first-order valence-electron chi connectivity index (χ1n) is 10.7. The smallest absolute Gasteiger partial charge is 0.261 e. The Morgan fingerprint density at radius 3 is 1.09 bits per heavy atom. The Bertz CT molecular complexity index is 928. The van der Waals surface area contributed by atoms with E-state index in [0.29, 0.717) is 48.4 Å². The number of imide groups is 2. The number of hydrogen-bond donors (Lipinski definition) is 0. The number of carbonyl (C=O) groups excluding carboxylic acids is 4. The van der Waals surface area contributed by atoms with Crippen LogP contribution >= 0.6 is 0 Å². The molecule has 0 radical (unpaired) electrons. The van der Waals surface area contributed by atoms with Crippen LogP contribution in [0, 0.1) is 0 Å². The van der Waals surface area contributed by atoms with Gasteiger partial charge in [-0.15, -0.1) is 0 Å². The van der Waals surface area contributed by atoms with Gasteiger partial charge >= 0.3 is 0 Å². The van der Waals surface area contributed by atoms with Crippen molar-refractivity contribution < 1.29 is 19.2 Å². The van der Waals surface area contributed by atoms with Gasteiger partial charge in [-0.3, -0.25) is 29.0 Å². The third-order valence-electron chi connectivity index (χ3n) is 6.03. The van der Waals surface area contributed by atoms with Crippen molar-refractivity contribution in [3.8, 4) is 0 Å². The Morgan fingerprint density at radius 1 is 0.531 bits per heavy atom. The molecular formula is C24H26N4O4. The molecule has 8 heteroatoms. The minimum atomic E-state index is -0.239. The molecule has 0 aromatic heterocycles. The monoisotopic (exact) mass is 434 g/mol. The van der Waals surface area contributed by atoms with Crippen molar-refractivity contribution in [3.63, 3.8) is 0 Å². The number of likely N-dealkylation sites (N-methyl/N-ethyl adjacent to an activating group) is 2. The fourth-order valence-corrected chi connectivity index (χ4v) is 3.99. The summed E-state index contributed by atoms with van der Waals surface area (Å²) >= 11 is 0. The van der Waals surface area contributed by atoms with E-state index < -0.39 is 0 Å². The van der Waals surface area contributed by atoms with Crippen LogP contribution in [0.4, 0.5) is 0 Å². The van der Waals surface area contributed by atoms with E-state index in [1.807, 2.05) is 14.1 Å². The van der Waals surface area contributed by atoms with Gasteiger partial charge in [0.25, 0.3) is 23.6 Å². The summed E-state index contributed by atoms with van der Waals surface area (Å²) in [6, 6.07) is 13.8. The number of carbonyl (C=O) groups is 4. The fourth-order valence-electron chi connectivity index (χ4n) is 3.99. The number of benzene rings is 2. The van der Waals surface area contributed by atoms with Crippen LogP contribution in [0.25, 0.3) is 0 Å². The molecule has 2 aromatic rings. The van der Waals surface area contributed by atoms with Crippen LogP contribution in [0.3, 0.4) is 0 Å². The van der Waals surface area contributed by atoms with Crippen molar-refractivity contribution >= 4 is 23.6 Å². The molecular weight excluding hydrogens is 408 g/mol. The fraction of sp³-hybridized carbons (Fsp3) is 0.333. The van der Waals surface area contributed by atoms with E-state index in [-0.39, 0.29) is 23.6 Å². The van der Waals surface area contributed by atoms with E-state index in [0.717, 1.165) is 13.1 Å². The highest BCUT2D eigenvalue weighted by Crippen LogP contribution is 2.23. The van der Waals surface area contributed by atoms with Gasteiger partial charge in [0.2, 0.25) is 0 Å². The molecule has 0 unspecified atom stereocenters. The predicted molar refractivity (Wildman–Crippen MR) is 119 cm³/mol. The molecule has 8 nitrogen and oxygen atoms in total. The van der Waals surface area contributed by atoms with Crippen LogP contribution < -0.4 is 0 Å². The van der Waals surface area contributed by atoms with Crippen LogP contribution in [0.5, 0.6) is 0 Å². The van der Waals surface area contributed by atoms with E-state index in [4.69, 9.17) is 0 Å². The molecule has 0 saturated heterocycles. The van der Waals surface area contributed by atoms with Gasteiger partial charge in [0.1, 0.15) is 0 Å². The maximum Gasteiger partial charge on any atom is 0.261 e. The van der Waals surface area contributed by atoms with Crippen LogP contribution in [0.2, 0.25) is 0 Å². The maximum atomic E-state index is 12.5. The minimum absolute atomic E-state index is 0.239. The molecule has 0 fully saturated rings. The molecule has 0 spiro atoms. The normalized spacial score (nSPS) is 15.4. The van der Waals surface area contributed by atoms with Crippen LogP contribution in [0.15, 0.2) is 48.5 Å². The summed E-state index contributed by atoms with van der Waals surface area (Å²) in [6.45, 7) is 3.25. The predicted octanol–water partition coefficient (Wildman–Crippen LogP) is 1.44. The number of amides is 4. The molecule has 4 rings (SSSR count). The largest absolute Gasteiger partial charge is 0.303 e. The highest BCUT2D eigenvalue weighted by atomic mass is 16.2. The summed E-state index contributed by atoms with van der Waals surface area (Å²) in [5, 5.41) is 0. The first-order valence-corrected chi connectivity index (χ1v) is 10.7. The Hall–Kier alpha value is -3.36. The zero-order valence-electron chi connectivity index (χ0n) is 18.3. The average Bonchev–Trinajstić information content (AvgIpc) is 3.20. The van der Waals surface area contributed by atoms with Crippen molar-refractivity contribution in [3.05, 3.63) is 70.8 Å². The highest BCUT2D eigenvalue weighted by molar-refractivity contribution is 6.22.